The lowest BCUT2D eigenvalue weighted by molar-refractivity contribution is 0.0996. The Balaban J connectivity index is 1.77. The summed E-state index contributed by atoms with van der Waals surface area (Å²) in [5, 5.41) is 0. The fourth-order valence-electron chi connectivity index (χ4n) is 4.13. The van der Waals surface area contributed by atoms with Crippen LogP contribution in [-0.2, 0) is 24.1 Å². The topological polar surface area (TPSA) is 43.6 Å². The summed E-state index contributed by atoms with van der Waals surface area (Å²) in [4.78, 5) is 18.3. The minimum Gasteiger partial charge on any atom is -0.380 e. The van der Waals surface area contributed by atoms with E-state index >= 15 is 0 Å². The number of hydrogen-bond donors (Lipinski definition) is 0. The molecule has 0 bridgehead atoms. The van der Waals surface area contributed by atoms with Gasteiger partial charge in [0.1, 0.15) is 0 Å². The Bertz CT molecular complexity index is 1120. The first-order chi connectivity index (χ1) is 14.1. The van der Waals surface area contributed by atoms with Crippen LogP contribution in [0, 0.1) is 13.8 Å². The fraction of sp³-hybridized carbons (Fsp3) is 0.417. The molecule has 5 heteroatoms. The van der Waals surface area contributed by atoms with Crippen molar-refractivity contribution in [2.45, 2.75) is 53.0 Å². The molecule has 0 saturated carbocycles. The lowest BCUT2D eigenvalue weighted by Gasteiger charge is -2.15. The Kier molecular flexibility index (Phi) is 5.97. The Morgan fingerprint density at radius 1 is 1.14 bits per heavy atom. The molecule has 1 heterocycles. The molecule has 0 spiro atoms. The van der Waals surface area contributed by atoms with Gasteiger partial charge in [-0.25, -0.2) is 0 Å². The second kappa shape index (κ2) is 8.64. The lowest BCUT2D eigenvalue weighted by Crippen LogP contribution is -2.20. The van der Waals surface area contributed by atoms with E-state index in [-0.39, 0.29) is 5.91 Å². The molecular formula is C24H28N2O2S. The molecule has 4 nitrogen and oxygen atoms in total. The summed E-state index contributed by atoms with van der Waals surface area (Å²) in [7, 11) is 0. The van der Waals surface area contributed by atoms with Gasteiger partial charge >= 0.3 is 0 Å². The number of aryl methyl sites for hydroxylation is 4. The predicted molar refractivity (Wildman–Crippen MR) is 119 cm³/mol. The Morgan fingerprint density at radius 3 is 2.72 bits per heavy atom. The molecule has 152 valence electrons. The molecule has 2 aromatic carbocycles. The summed E-state index contributed by atoms with van der Waals surface area (Å²) >= 11 is 1.59. The highest BCUT2D eigenvalue weighted by Gasteiger charge is 2.14. The van der Waals surface area contributed by atoms with Gasteiger partial charge in [0, 0.05) is 18.7 Å². The first-order valence-electron chi connectivity index (χ1n) is 10.5. The van der Waals surface area contributed by atoms with Gasteiger partial charge in [-0.2, -0.15) is 4.99 Å². The molecule has 0 unspecified atom stereocenters. The quantitative estimate of drug-likeness (QED) is 0.559. The van der Waals surface area contributed by atoms with Crippen molar-refractivity contribution in [2.24, 2.45) is 4.99 Å². The third kappa shape index (κ3) is 4.21. The molecule has 0 fully saturated rings. The molecule has 0 saturated heterocycles. The minimum absolute atomic E-state index is 0.163. The van der Waals surface area contributed by atoms with E-state index in [1.54, 1.807) is 11.3 Å². The van der Waals surface area contributed by atoms with Crippen molar-refractivity contribution in [1.29, 1.82) is 0 Å². The second-order valence-corrected chi connectivity index (χ2v) is 8.75. The molecule has 1 aromatic heterocycles. The number of carbonyl (C=O) groups excluding carboxylic acids is 1. The van der Waals surface area contributed by atoms with E-state index < -0.39 is 0 Å². The zero-order valence-corrected chi connectivity index (χ0v) is 18.3. The summed E-state index contributed by atoms with van der Waals surface area (Å²) in [5.41, 5.74) is 6.94. The van der Waals surface area contributed by atoms with Crippen LogP contribution in [0.1, 0.15) is 52.4 Å². The monoisotopic (exact) mass is 408 g/mol. The normalized spacial score (nSPS) is 14.4. The maximum atomic E-state index is 13.0. The number of nitrogens with zero attached hydrogens (tertiary/aromatic N) is 2. The van der Waals surface area contributed by atoms with E-state index in [0.29, 0.717) is 25.3 Å². The van der Waals surface area contributed by atoms with Crippen LogP contribution in [0.25, 0.3) is 10.2 Å². The standard InChI is InChI=1S/C24H28N2O2S/c1-4-28-12-11-26-21-14-16(2)13-17(3)22(21)29-24(26)25-23(27)20-10-9-18-7-5-6-8-19(18)15-20/h9-10,13-15H,4-8,11-12H2,1-3H3. The van der Waals surface area contributed by atoms with Crippen LogP contribution in [0.4, 0.5) is 0 Å². The molecule has 29 heavy (non-hydrogen) atoms. The summed E-state index contributed by atoms with van der Waals surface area (Å²) in [6.07, 6.45) is 4.62. The van der Waals surface area contributed by atoms with Gasteiger partial charge in [-0.05, 0) is 86.9 Å². The van der Waals surface area contributed by atoms with Gasteiger partial charge in [-0.1, -0.05) is 23.5 Å². The van der Waals surface area contributed by atoms with E-state index in [1.165, 1.54) is 39.8 Å². The summed E-state index contributed by atoms with van der Waals surface area (Å²) < 4.78 is 8.90. The summed E-state index contributed by atoms with van der Waals surface area (Å²) in [6.45, 7) is 8.19. The molecule has 0 radical (unpaired) electrons. The smallest absolute Gasteiger partial charge is 0.279 e. The highest BCUT2D eigenvalue weighted by molar-refractivity contribution is 7.16. The van der Waals surface area contributed by atoms with Crippen LogP contribution < -0.4 is 4.80 Å². The summed E-state index contributed by atoms with van der Waals surface area (Å²) in [5.74, 6) is -0.163. The zero-order valence-electron chi connectivity index (χ0n) is 17.5. The van der Waals surface area contributed by atoms with Crippen LogP contribution in [0.2, 0.25) is 0 Å². The van der Waals surface area contributed by atoms with Crippen molar-refractivity contribution in [3.05, 3.63) is 63.0 Å². The number of amides is 1. The fourth-order valence-corrected chi connectivity index (χ4v) is 5.24. The van der Waals surface area contributed by atoms with Crippen molar-refractivity contribution < 1.29 is 9.53 Å². The highest BCUT2D eigenvalue weighted by Crippen LogP contribution is 2.24. The van der Waals surface area contributed by atoms with E-state index in [9.17, 15) is 4.79 Å². The maximum absolute atomic E-state index is 13.0. The van der Waals surface area contributed by atoms with Gasteiger partial charge in [0.25, 0.3) is 5.91 Å². The van der Waals surface area contributed by atoms with Crippen molar-refractivity contribution in [3.8, 4) is 0 Å². The largest absolute Gasteiger partial charge is 0.380 e. The van der Waals surface area contributed by atoms with Crippen LogP contribution in [0.3, 0.4) is 0 Å². The molecule has 1 amide bonds. The molecule has 1 aliphatic rings. The van der Waals surface area contributed by atoms with E-state index in [4.69, 9.17) is 4.74 Å². The molecule has 0 atom stereocenters. The SMILES string of the molecule is CCOCCn1c(=NC(=O)c2ccc3c(c2)CCCC3)sc2c(C)cc(C)cc21. The first-order valence-corrected chi connectivity index (χ1v) is 11.3. The van der Waals surface area contributed by atoms with Gasteiger partial charge in [0.2, 0.25) is 0 Å². The number of aromatic nitrogens is 1. The molecule has 0 aliphatic heterocycles. The van der Waals surface area contributed by atoms with Gasteiger partial charge in [0.05, 0.1) is 16.8 Å². The molecular weight excluding hydrogens is 380 g/mol. The average molecular weight is 409 g/mol. The van der Waals surface area contributed by atoms with Gasteiger partial charge in [-0.15, -0.1) is 0 Å². The predicted octanol–water partition coefficient (Wildman–Crippen LogP) is 4.98. The van der Waals surface area contributed by atoms with Crippen LogP contribution >= 0.6 is 11.3 Å². The van der Waals surface area contributed by atoms with Crippen LogP contribution in [0.15, 0.2) is 35.3 Å². The second-order valence-electron chi connectivity index (χ2n) is 7.77. The highest BCUT2D eigenvalue weighted by atomic mass is 32.1. The maximum Gasteiger partial charge on any atom is 0.279 e. The molecule has 4 rings (SSSR count). The van der Waals surface area contributed by atoms with Crippen molar-refractivity contribution in [3.63, 3.8) is 0 Å². The average Bonchev–Trinajstić information content (AvgIpc) is 3.05. The van der Waals surface area contributed by atoms with Crippen LogP contribution in [0.5, 0.6) is 0 Å². The zero-order chi connectivity index (χ0) is 20.4. The van der Waals surface area contributed by atoms with E-state index in [0.717, 1.165) is 23.2 Å². The van der Waals surface area contributed by atoms with Gasteiger partial charge in [-0.3, -0.25) is 4.79 Å². The number of benzene rings is 2. The van der Waals surface area contributed by atoms with Gasteiger partial charge in [0.15, 0.2) is 4.80 Å². The summed E-state index contributed by atoms with van der Waals surface area (Å²) in [6, 6.07) is 10.4. The minimum atomic E-state index is -0.163. The van der Waals surface area contributed by atoms with Crippen molar-refractivity contribution in [1.82, 2.24) is 4.57 Å². The number of hydrogen-bond acceptors (Lipinski definition) is 3. The third-order valence-corrected chi connectivity index (χ3v) is 6.80. The van der Waals surface area contributed by atoms with Crippen molar-refractivity contribution >= 4 is 27.5 Å². The number of carbonyl (C=O) groups is 1. The van der Waals surface area contributed by atoms with Crippen molar-refractivity contribution in [2.75, 3.05) is 13.2 Å². The number of fused-ring (bicyclic) bond motifs is 2. The molecule has 3 aromatic rings. The Labute approximate surface area is 175 Å². The molecule has 0 N–H and O–H groups in total. The number of thiazole rings is 1. The third-order valence-electron chi connectivity index (χ3n) is 5.57. The lowest BCUT2D eigenvalue weighted by atomic mass is 9.90. The van der Waals surface area contributed by atoms with Gasteiger partial charge < -0.3 is 9.30 Å². The van der Waals surface area contributed by atoms with E-state index in [2.05, 4.69) is 41.6 Å². The molecule has 1 aliphatic carbocycles. The number of rotatable bonds is 5. The van der Waals surface area contributed by atoms with E-state index in [1.807, 2.05) is 19.1 Å². The number of ether oxygens (including phenoxy) is 1. The Hall–Kier alpha value is -2.24. The first kappa shape index (κ1) is 20.0. The van der Waals surface area contributed by atoms with Crippen LogP contribution in [-0.4, -0.2) is 23.7 Å². The Morgan fingerprint density at radius 2 is 1.93 bits per heavy atom.